The van der Waals surface area contributed by atoms with E-state index in [-0.39, 0.29) is 6.04 Å². The summed E-state index contributed by atoms with van der Waals surface area (Å²) in [5.41, 5.74) is 7.24. The number of ether oxygens (including phenoxy) is 1. The molecular formula is C24H29N7O. The van der Waals surface area contributed by atoms with E-state index in [4.69, 9.17) is 14.7 Å². The zero-order valence-corrected chi connectivity index (χ0v) is 18.6. The van der Waals surface area contributed by atoms with Crippen molar-refractivity contribution in [2.24, 2.45) is 7.05 Å². The maximum atomic E-state index is 5.53. The Labute approximate surface area is 188 Å². The first-order valence-electron chi connectivity index (χ1n) is 11.1. The molecule has 2 aliphatic heterocycles. The number of morpholine rings is 1. The van der Waals surface area contributed by atoms with Crippen molar-refractivity contribution >= 4 is 11.6 Å². The van der Waals surface area contributed by atoms with Gasteiger partial charge in [-0.2, -0.15) is 5.10 Å². The number of aryl methyl sites for hydroxylation is 4. The van der Waals surface area contributed by atoms with Crippen molar-refractivity contribution in [2.75, 3.05) is 36.2 Å². The molecule has 0 amide bonds. The van der Waals surface area contributed by atoms with Crippen molar-refractivity contribution in [3.63, 3.8) is 0 Å². The summed E-state index contributed by atoms with van der Waals surface area (Å²) in [5.74, 6) is 2.64. The summed E-state index contributed by atoms with van der Waals surface area (Å²) in [6.45, 7) is 5.25. The normalized spacial score (nSPS) is 18.5. The van der Waals surface area contributed by atoms with Crippen molar-refractivity contribution in [2.45, 2.75) is 25.8 Å². The average Bonchev–Trinajstić information content (AvgIpc) is 3.48. The minimum atomic E-state index is 0.121. The van der Waals surface area contributed by atoms with Gasteiger partial charge >= 0.3 is 0 Å². The number of nitrogens with zero attached hydrogens (tertiary/aromatic N) is 6. The molecule has 0 saturated carbocycles. The lowest BCUT2D eigenvalue weighted by atomic mass is 10.1. The second kappa shape index (κ2) is 9.10. The third-order valence-corrected chi connectivity index (χ3v) is 5.83. The smallest absolute Gasteiger partial charge is 0.152 e. The predicted octanol–water partition coefficient (Wildman–Crippen LogP) is 2.72. The molecule has 1 atom stereocenters. The number of hydrogen-bond donors (Lipinski definition) is 1. The lowest BCUT2D eigenvalue weighted by Crippen LogP contribution is -2.37. The monoisotopic (exact) mass is 431 g/mol. The molecule has 2 aliphatic rings. The van der Waals surface area contributed by atoms with Gasteiger partial charge < -0.3 is 9.64 Å². The Hall–Kier alpha value is -3.23. The Kier molecular flexibility index (Phi) is 5.87. The van der Waals surface area contributed by atoms with Crippen molar-refractivity contribution in [3.05, 3.63) is 77.5 Å². The summed E-state index contributed by atoms with van der Waals surface area (Å²) in [5, 5.41) is 6.28. The summed E-state index contributed by atoms with van der Waals surface area (Å²) in [6.07, 6.45) is 9.79. The van der Waals surface area contributed by atoms with Crippen LogP contribution in [-0.4, -0.2) is 46.1 Å². The van der Waals surface area contributed by atoms with Crippen LogP contribution in [0.5, 0.6) is 0 Å². The first-order valence-corrected chi connectivity index (χ1v) is 11.1. The van der Waals surface area contributed by atoms with Crippen LogP contribution in [0.15, 0.2) is 55.0 Å². The Morgan fingerprint density at radius 2 is 1.94 bits per heavy atom. The number of hydrogen-bond acceptors (Lipinski definition) is 7. The summed E-state index contributed by atoms with van der Waals surface area (Å²) < 4.78 is 7.36. The molecular weight excluding hydrogens is 402 g/mol. The molecule has 32 heavy (non-hydrogen) atoms. The lowest BCUT2D eigenvalue weighted by Gasteiger charge is -2.29. The quantitative estimate of drug-likeness (QED) is 0.643. The molecule has 0 bridgehead atoms. The van der Waals surface area contributed by atoms with Crippen LogP contribution in [0.2, 0.25) is 0 Å². The second-order valence-electron chi connectivity index (χ2n) is 8.35. The van der Waals surface area contributed by atoms with Crippen LogP contribution in [0.1, 0.15) is 28.6 Å². The van der Waals surface area contributed by atoms with E-state index >= 15 is 0 Å². The van der Waals surface area contributed by atoms with Gasteiger partial charge in [0.2, 0.25) is 0 Å². The molecule has 5 rings (SSSR count). The SMILES string of the molecule is Cc1cccc(C2C=CN(c3cc(N4CCOCC4)nc(CCc4cnn(C)c4)n3)N2)c1. The summed E-state index contributed by atoms with van der Waals surface area (Å²) in [7, 11) is 1.94. The topological polar surface area (TPSA) is 71.3 Å². The zero-order valence-electron chi connectivity index (χ0n) is 18.6. The number of hydrazine groups is 1. The van der Waals surface area contributed by atoms with E-state index in [0.29, 0.717) is 0 Å². The first-order chi connectivity index (χ1) is 15.6. The predicted molar refractivity (Wildman–Crippen MR) is 124 cm³/mol. The maximum Gasteiger partial charge on any atom is 0.152 e. The van der Waals surface area contributed by atoms with Crippen molar-refractivity contribution in [1.82, 2.24) is 25.2 Å². The van der Waals surface area contributed by atoms with Gasteiger partial charge in [-0.25, -0.2) is 15.4 Å². The summed E-state index contributed by atoms with van der Waals surface area (Å²) >= 11 is 0. The van der Waals surface area contributed by atoms with E-state index in [1.165, 1.54) is 16.7 Å². The van der Waals surface area contributed by atoms with Crippen LogP contribution in [0.4, 0.5) is 11.6 Å². The molecule has 1 N–H and O–H groups in total. The first kappa shape index (κ1) is 20.7. The fraction of sp³-hybridized carbons (Fsp3) is 0.375. The van der Waals surface area contributed by atoms with E-state index in [1.54, 1.807) is 0 Å². The van der Waals surface area contributed by atoms with E-state index in [0.717, 1.165) is 56.6 Å². The fourth-order valence-electron chi connectivity index (χ4n) is 4.12. The van der Waals surface area contributed by atoms with Crippen LogP contribution in [0.25, 0.3) is 0 Å². The molecule has 8 nitrogen and oxygen atoms in total. The highest BCUT2D eigenvalue weighted by molar-refractivity contribution is 5.54. The largest absolute Gasteiger partial charge is 0.378 e. The second-order valence-corrected chi connectivity index (χ2v) is 8.35. The average molecular weight is 432 g/mol. The zero-order chi connectivity index (χ0) is 21.9. The van der Waals surface area contributed by atoms with Crippen LogP contribution >= 0.6 is 0 Å². The third-order valence-electron chi connectivity index (χ3n) is 5.83. The highest BCUT2D eigenvalue weighted by Crippen LogP contribution is 2.26. The highest BCUT2D eigenvalue weighted by Gasteiger charge is 2.22. The van der Waals surface area contributed by atoms with Crippen molar-refractivity contribution in [3.8, 4) is 0 Å². The van der Waals surface area contributed by atoms with Gasteiger partial charge in [-0.3, -0.25) is 9.69 Å². The minimum absolute atomic E-state index is 0.121. The molecule has 0 radical (unpaired) electrons. The Balaban J connectivity index is 1.38. The fourth-order valence-corrected chi connectivity index (χ4v) is 4.12. The summed E-state index contributed by atoms with van der Waals surface area (Å²) in [4.78, 5) is 12.1. The van der Waals surface area contributed by atoms with Crippen LogP contribution in [-0.2, 0) is 24.6 Å². The molecule has 8 heteroatoms. The molecule has 1 fully saturated rings. The lowest BCUT2D eigenvalue weighted by molar-refractivity contribution is 0.122. The standard InChI is InChI=1S/C24H29N7O/c1-18-4-3-5-20(14-18)21-8-9-31(28-21)24-15-23(30-10-12-32-13-11-30)26-22(27-24)7-6-19-16-25-29(2)17-19/h3-5,8-9,14-17,21,28H,6-7,10-13H2,1-2H3. The number of anilines is 2. The van der Waals surface area contributed by atoms with Gasteiger partial charge in [0, 0.05) is 45.0 Å². The number of aromatic nitrogens is 4. The van der Waals surface area contributed by atoms with Crippen LogP contribution in [0, 0.1) is 6.92 Å². The van der Waals surface area contributed by atoms with Crippen molar-refractivity contribution < 1.29 is 4.74 Å². The van der Waals surface area contributed by atoms with E-state index in [2.05, 4.69) is 65.0 Å². The third kappa shape index (κ3) is 4.66. The van der Waals surface area contributed by atoms with E-state index < -0.39 is 0 Å². The van der Waals surface area contributed by atoms with Gasteiger partial charge in [-0.05, 0) is 30.5 Å². The number of nitrogens with one attached hydrogen (secondary N) is 1. The molecule has 0 spiro atoms. The van der Waals surface area contributed by atoms with Gasteiger partial charge in [0.25, 0.3) is 0 Å². The van der Waals surface area contributed by atoms with Gasteiger partial charge in [-0.1, -0.05) is 29.8 Å². The van der Waals surface area contributed by atoms with Gasteiger partial charge in [0.1, 0.15) is 11.6 Å². The Bertz CT molecular complexity index is 1100. The van der Waals surface area contributed by atoms with Gasteiger partial charge in [0.15, 0.2) is 5.82 Å². The molecule has 1 saturated heterocycles. The Morgan fingerprint density at radius 3 is 2.72 bits per heavy atom. The molecule has 4 heterocycles. The van der Waals surface area contributed by atoms with Gasteiger partial charge in [-0.15, -0.1) is 0 Å². The van der Waals surface area contributed by atoms with E-state index in [9.17, 15) is 0 Å². The number of benzene rings is 1. The maximum absolute atomic E-state index is 5.53. The Morgan fingerprint density at radius 1 is 1.09 bits per heavy atom. The molecule has 1 aromatic carbocycles. The minimum Gasteiger partial charge on any atom is -0.378 e. The van der Waals surface area contributed by atoms with Crippen LogP contribution in [0.3, 0.4) is 0 Å². The molecule has 2 aromatic heterocycles. The molecule has 3 aromatic rings. The molecule has 1 unspecified atom stereocenters. The molecule has 166 valence electrons. The summed E-state index contributed by atoms with van der Waals surface area (Å²) in [6, 6.07) is 10.8. The van der Waals surface area contributed by atoms with E-state index in [1.807, 2.05) is 29.1 Å². The highest BCUT2D eigenvalue weighted by atomic mass is 16.5. The van der Waals surface area contributed by atoms with Gasteiger partial charge in [0.05, 0.1) is 25.5 Å². The molecule has 0 aliphatic carbocycles. The van der Waals surface area contributed by atoms with Crippen molar-refractivity contribution in [1.29, 1.82) is 0 Å². The number of rotatable bonds is 6. The van der Waals surface area contributed by atoms with Crippen LogP contribution < -0.4 is 15.3 Å².